The van der Waals surface area contributed by atoms with Crippen molar-refractivity contribution in [3.8, 4) is 0 Å². The highest BCUT2D eigenvalue weighted by Gasteiger charge is 2.16. The lowest BCUT2D eigenvalue weighted by molar-refractivity contribution is 0.399. The molecule has 0 unspecified atom stereocenters. The molecule has 3 nitrogen and oxygen atoms in total. The molecule has 0 bridgehead atoms. The molecule has 17 heavy (non-hydrogen) atoms. The minimum atomic E-state index is -0.0742. The van der Waals surface area contributed by atoms with Gasteiger partial charge in [0.25, 0.3) is 5.56 Å². The van der Waals surface area contributed by atoms with E-state index in [2.05, 4.69) is 60.5 Å². The molecule has 0 saturated heterocycles. The fourth-order valence-corrected chi connectivity index (χ4v) is 2.01. The largest absolute Gasteiger partial charge is 0.310 e. The molecule has 0 aliphatic carbocycles. The van der Waals surface area contributed by atoms with E-state index in [1.54, 1.807) is 0 Å². The predicted molar refractivity (Wildman–Crippen MR) is 74.3 cm³/mol. The van der Waals surface area contributed by atoms with Gasteiger partial charge >= 0.3 is 0 Å². The van der Waals surface area contributed by atoms with Gasteiger partial charge in [-0.3, -0.25) is 4.79 Å². The smallest absolute Gasteiger partial charge is 0.265 e. The van der Waals surface area contributed by atoms with Crippen molar-refractivity contribution in [2.75, 3.05) is 0 Å². The summed E-state index contributed by atoms with van der Waals surface area (Å²) in [4.78, 5) is 19.2. The van der Waals surface area contributed by atoms with Crippen LogP contribution < -0.4 is 5.56 Å². The zero-order valence-electron chi connectivity index (χ0n) is 11.2. The van der Waals surface area contributed by atoms with Crippen molar-refractivity contribution in [1.82, 2.24) is 9.97 Å². The normalized spacial score (nSPS) is 12.2. The summed E-state index contributed by atoms with van der Waals surface area (Å²) < 4.78 is 0.573. The van der Waals surface area contributed by atoms with Crippen LogP contribution in [-0.4, -0.2) is 9.97 Å². The average molecular weight is 301 g/mol. The molecule has 0 fully saturated rings. The van der Waals surface area contributed by atoms with Crippen molar-refractivity contribution >= 4 is 15.9 Å². The maximum atomic E-state index is 11.8. The van der Waals surface area contributed by atoms with Gasteiger partial charge in [0.1, 0.15) is 10.3 Å². The van der Waals surface area contributed by atoms with Crippen molar-refractivity contribution in [3.63, 3.8) is 0 Å². The number of halogens is 1. The first-order valence-corrected chi connectivity index (χ1v) is 6.76. The number of rotatable bonds is 3. The Morgan fingerprint density at radius 3 is 2.41 bits per heavy atom. The van der Waals surface area contributed by atoms with Crippen molar-refractivity contribution in [2.24, 2.45) is 11.3 Å². The molecule has 1 N–H and O–H groups in total. The van der Waals surface area contributed by atoms with Crippen molar-refractivity contribution in [3.05, 3.63) is 26.3 Å². The monoisotopic (exact) mass is 300 g/mol. The summed E-state index contributed by atoms with van der Waals surface area (Å²) in [5.41, 5.74) is 0.914. The molecule has 0 spiro atoms. The second-order valence-corrected chi connectivity index (χ2v) is 6.90. The Morgan fingerprint density at radius 1 is 1.35 bits per heavy atom. The maximum Gasteiger partial charge on any atom is 0.265 e. The highest BCUT2D eigenvalue weighted by atomic mass is 79.9. The van der Waals surface area contributed by atoms with E-state index in [-0.39, 0.29) is 11.0 Å². The van der Waals surface area contributed by atoms with E-state index in [0.717, 1.165) is 24.4 Å². The van der Waals surface area contributed by atoms with Crippen LogP contribution in [0.4, 0.5) is 0 Å². The second kappa shape index (κ2) is 5.34. The fourth-order valence-electron chi connectivity index (χ4n) is 1.66. The number of nitrogens with one attached hydrogen (secondary N) is 1. The van der Waals surface area contributed by atoms with Gasteiger partial charge in [-0.15, -0.1) is 0 Å². The lowest BCUT2D eigenvalue weighted by Gasteiger charge is -2.18. The highest BCUT2D eigenvalue weighted by molar-refractivity contribution is 9.10. The minimum absolute atomic E-state index is 0.0742. The molecular formula is C13H21BrN2O. The van der Waals surface area contributed by atoms with Gasteiger partial charge in [0.15, 0.2) is 0 Å². The third-order valence-electron chi connectivity index (χ3n) is 2.28. The summed E-state index contributed by atoms with van der Waals surface area (Å²) in [5, 5.41) is 0. The molecule has 0 atom stereocenters. The van der Waals surface area contributed by atoms with E-state index in [4.69, 9.17) is 0 Å². The molecule has 0 aliphatic heterocycles. The fraction of sp³-hybridized carbons (Fsp3) is 0.692. The first-order chi connectivity index (χ1) is 7.69. The molecule has 1 aromatic heterocycles. The molecule has 0 radical (unpaired) electrons. The number of hydrogen-bond donors (Lipinski definition) is 1. The van der Waals surface area contributed by atoms with E-state index in [0.29, 0.717) is 10.4 Å². The molecule has 4 heteroatoms. The standard InChI is InChI=1S/C13H21BrN2O/c1-8(2)6-9-11(14)12(17)16-10(15-9)7-13(3,4)5/h8H,6-7H2,1-5H3,(H,15,16,17). The molecule has 0 saturated carbocycles. The van der Waals surface area contributed by atoms with Gasteiger partial charge in [-0.05, 0) is 33.7 Å². The van der Waals surface area contributed by atoms with E-state index >= 15 is 0 Å². The predicted octanol–water partition coefficient (Wildman–Crippen LogP) is 3.32. The van der Waals surface area contributed by atoms with Crippen LogP contribution in [0.5, 0.6) is 0 Å². The molecule has 96 valence electrons. The third-order valence-corrected chi connectivity index (χ3v) is 3.10. The molecular weight excluding hydrogens is 280 g/mol. The average Bonchev–Trinajstić information content (AvgIpc) is 2.09. The summed E-state index contributed by atoms with van der Waals surface area (Å²) in [6, 6.07) is 0. The lowest BCUT2D eigenvalue weighted by atomic mass is 9.92. The molecule has 0 amide bonds. The Hall–Kier alpha value is -0.640. The maximum absolute atomic E-state index is 11.8. The van der Waals surface area contributed by atoms with Crippen LogP contribution in [0.15, 0.2) is 9.27 Å². The van der Waals surface area contributed by atoms with E-state index in [1.165, 1.54) is 0 Å². The van der Waals surface area contributed by atoms with Gasteiger partial charge in [0, 0.05) is 6.42 Å². The molecule has 0 aliphatic rings. The minimum Gasteiger partial charge on any atom is -0.310 e. The Kier molecular flexibility index (Phi) is 4.53. The van der Waals surface area contributed by atoms with Crippen molar-refractivity contribution in [2.45, 2.75) is 47.5 Å². The number of aromatic nitrogens is 2. The summed E-state index contributed by atoms with van der Waals surface area (Å²) in [6.07, 6.45) is 1.60. The SMILES string of the molecule is CC(C)Cc1nc(CC(C)(C)C)[nH]c(=O)c1Br. The highest BCUT2D eigenvalue weighted by Crippen LogP contribution is 2.20. The molecule has 1 rings (SSSR count). The summed E-state index contributed by atoms with van der Waals surface area (Å²) in [6.45, 7) is 10.7. The van der Waals surface area contributed by atoms with Crippen LogP contribution in [0, 0.1) is 11.3 Å². The Morgan fingerprint density at radius 2 is 1.94 bits per heavy atom. The van der Waals surface area contributed by atoms with Crippen molar-refractivity contribution < 1.29 is 0 Å². The van der Waals surface area contributed by atoms with E-state index in [9.17, 15) is 4.79 Å². The van der Waals surface area contributed by atoms with Crippen LogP contribution in [0.2, 0.25) is 0 Å². The van der Waals surface area contributed by atoms with Crippen LogP contribution in [0.1, 0.15) is 46.1 Å². The Bertz CT molecular complexity index is 444. The van der Waals surface area contributed by atoms with Gasteiger partial charge in [0.2, 0.25) is 0 Å². The van der Waals surface area contributed by atoms with Crippen LogP contribution in [0.25, 0.3) is 0 Å². The van der Waals surface area contributed by atoms with Gasteiger partial charge in [-0.1, -0.05) is 34.6 Å². The van der Waals surface area contributed by atoms with Crippen LogP contribution >= 0.6 is 15.9 Å². The summed E-state index contributed by atoms with van der Waals surface area (Å²) >= 11 is 3.32. The van der Waals surface area contributed by atoms with Crippen molar-refractivity contribution in [1.29, 1.82) is 0 Å². The van der Waals surface area contributed by atoms with Gasteiger partial charge in [-0.2, -0.15) is 0 Å². The first kappa shape index (κ1) is 14.4. The zero-order valence-corrected chi connectivity index (χ0v) is 12.8. The molecule has 1 aromatic rings. The summed E-state index contributed by atoms with van der Waals surface area (Å²) in [7, 11) is 0. The topological polar surface area (TPSA) is 45.8 Å². The van der Waals surface area contributed by atoms with Gasteiger partial charge in [0.05, 0.1) is 5.69 Å². The van der Waals surface area contributed by atoms with E-state index in [1.807, 2.05) is 0 Å². The van der Waals surface area contributed by atoms with Crippen LogP contribution in [0.3, 0.4) is 0 Å². The number of hydrogen-bond acceptors (Lipinski definition) is 2. The summed E-state index contributed by atoms with van der Waals surface area (Å²) in [5.74, 6) is 1.27. The first-order valence-electron chi connectivity index (χ1n) is 5.96. The quantitative estimate of drug-likeness (QED) is 0.931. The van der Waals surface area contributed by atoms with Crippen LogP contribution in [-0.2, 0) is 12.8 Å². The molecule has 1 heterocycles. The zero-order chi connectivity index (χ0) is 13.2. The number of nitrogens with zero attached hydrogens (tertiary/aromatic N) is 1. The third kappa shape index (κ3) is 4.62. The Labute approximate surface area is 111 Å². The van der Waals surface area contributed by atoms with Gasteiger partial charge < -0.3 is 4.98 Å². The number of aromatic amines is 1. The second-order valence-electron chi connectivity index (χ2n) is 6.11. The molecule has 0 aromatic carbocycles. The van der Waals surface area contributed by atoms with Gasteiger partial charge in [-0.25, -0.2) is 4.98 Å². The Balaban J connectivity index is 3.10. The lowest BCUT2D eigenvalue weighted by Crippen LogP contribution is -2.20. The number of H-pyrrole nitrogens is 1. The van der Waals surface area contributed by atoms with E-state index < -0.39 is 0 Å².